The minimum Gasteiger partial charge on any atom is -0.487 e. The Morgan fingerprint density at radius 1 is 0.490 bits per heavy atom. The van der Waals surface area contributed by atoms with Crippen LogP contribution in [-0.4, -0.2) is 138 Å². The highest BCUT2D eigenvalue weighted by molar-refractivity contribution is 5.86. The summed E-state index contributed by atoms with van der Waals surface area (Å²) < 4.78 is 68.1. The summed E-state index contributed by atoms with van der Waals surface area (Å²) in [5.74, 6) is 2.12. The molecule has 15 nitrogen and oxygen atoms in total. The van der Waals surface area contributed by atoms with E-state index in [4.69, 9.17) is 56.8 Å². The molecule has 0 radical (unpaired) electrons. The molecule has 0 fully saturated rings. The Balaban J connectivity index is 1.36. The molecule has 0 amide bonds. The molecule has 51 heavy (non-hydrogen) atoms. The fourth-order valence-corrected chi connectivity index (χ4v) is 4.41. The van der Waals surface area contributed by atoms with Crippen LogP contribution >= 0.6 is 0 Å². The van der Waals surface area contributed by atoms with Gasteiger partial charge in [0.25, 0.3) is 0 Å². The number of nitrogens with zero attached hydrogens (tertiary/aromatic N) is 2. The van der Waals surface area contributed by atoms with Crippen molar-refractivity contribution >= 4 is 17.6 Å². The lowest BCUT2D eigenvalue weighted by Crippen LogP contribution is -2.16. The summed E-state index contributed by atoms with van der Waals surface area (Å²) >= 11 is 0. The molecule has 2 aromatic carbocycles. The Hall–Kier alpha value is -3.98. The van der Waals surface area contributed by atoms with E-state index in [1.165, 1.54) is 6.21 Å². The molecule has 0 saturated heterocycles. The van der Waals surface area contributed by atoms with Crippen LogP contribution in [0.3, 0.4) is 0 Å². The van der Waals surface area contributed by atoms with Crippen LogP contribution in [0.15, 0.2) is 53.2 Å². The Bertz CT molecular complexity index is 1350. The minimum atomic E-state index is 0.287. The molecule has 0 spiro atoms. The molecule has 0 aliphatic carbocycles. The molecule has 2 aliphatic heterocycles. The third kappa shape index (κ3) is 17.2. The molecule has 1 N–H and O–H groups in total. The van der Waals surface area contributed by atoms with Crippen molar-refractivity contribution in [2.24, 2.45) is 4.99 Å². The summed E-state index contributed by atoms with van der Waals surface area (Å²) in [5.41, 5.74) is 1.54. The maximum absolute atomic E-state index is 9.82. The van der Waals surface area contributed by atoms with E-state index in [0.717, 1.165) is 0 Å². The summed E-state index contributed by atoms with van der Waals surface area (Å²) in [6.45, 7) is 8.54. The highest BCUT2D eigenvalue weighted by Gasteiger charge is 2.10. The predicted molar refractivity (Wildman–Crippen MR) is 187 cm³/mol. The summed E-state index contributed by atoms with van der Waals surface area (Å²) in [4.78, 5) is 4.50. The first-order chi connectivity index (χ1) is 25.3. The van der Waals surface area contributed by atoms with Gasteiger partial charge in [0.15, 0.2) is 23.0 Å². The van der Waals surface area contributed by atoms with Crippen LogP contribution in [-0.2, 0) is 37.9 Å². The van der Waals surface area contributed by atoms with Crippen molar-refractivity contribution in [2.75, 3.05) is 137 Å². The molecule has 4 rings (SSSR count). The lowest BCUT2D eigenvalue weighted by molar-refractivity contribution is -0.00841. The summed E-state index contributed by atoms with van der Waals surface area (Å²) in [5, 5.41) is 13.0. The lowest BCUT2D eigenvalue weighted by Gasteiger charge is -2.15. The number of nitrogens with one attached hydrogen (secondary N) is 1. The molecule has 0 bridgehead atoms. The summed E-state index contributed by atoms with van der Waals surface area (Å²) in [6, 6.07) is 12.9. The van der Waals surface area contributed by atoms with Crippen molar-refractivity contribution in [2.45, 2.75) is 0 Å². The minimum absolute atomic E-state index is 0.287. The topological polar surface area (TPSA) is 159 Å². The van der Waals surface area contributed by atoms with Crippen LogP contribution in [0.2, 0.25) is 0 Å². The van der Waals surface area contributed by atoms with Crippen LogP contribution in [0.1, 0.15) is 0 Å². The van der Waals surface area contributed by atoms with Gasteiger partial charge >= 0.3 is 0 Å². The van der Waals surface area contributed by atoms with E-state index in [-0.39, 0.29) is 5.57 Å². The van der Waals surface area contributed by atoms with E-state index >= 15 is 0 Å². The maximum Gasteiger partial charge on any atom is 0.163 e. The van der Waals surface area contributed by atoms with Gasteiger partial charge < -0.3 is 62.2 Å². The number of hydrogen-bond donors (Lipinski definition) is 1. The smallest absolute Gasteiger partial charge is 0.163 e. The number of rotatable bonds is 4. The van der Waals surface area contributed by atoms with Gasteiger partial charge in [-0.15, -0.1) is 0 Å². The summed E-state index contributed by atoms with van der Waals surface area (Å²) in [6.07, 6.45) is 3.03. The zero-order valence-electron chi connectivity index (χ0n) is 29.1. The number of benzene rings is 2. The van der Waals surface area contributed by atoms with E-state index in [9.17, 15) is 5.26 Å². The Morgan fingerprint density at radius 3 is 1.29 bits per heavy atom. The van der Waals surface area contributed by atoms with Crippen LogP contribution in [0.5, 0.6) is 23.0 Å². The third-order valence-corrected chi connectivity index (χ3v) is 6.92. The number of fused-ring (bicyclic) bond motifs is 2. The van der Waals surface area contributed by atoms with E-state index in [2.05, 4.69) is 16.4 Å². The highest BCUT2D eigenvalue weighted by Crippen LogP contribution is 2.32. The number of ether oxygens (including phenoxy) is 12. The van der Waals surface area contributed by atoms with E-state index < -0.39 is 0 Å². The zero-order chi connectivity index (χ0) is 35.4. The second-order valence-electron chi connectivity index (χ2n) is 10.7. The molecule has 0 atom stereocenters. The van der Waals surface area contributed by atoms with Crippen LogP contribution in [0.25, 0.3) is 0 Å². The molecule has 0 aromatic heterocycles. The first-order valence-corrected chi connectivity index (χ1v) is 17.1. The number of aliphatic imine (C=N–C) groups is 1. The third-order valence-electron chi connectivity index (χ3n) is 6.92. The van der Waals surface area contributed by atoms with Gasteiger partial charge in [-0.25, -0.2) is 0 Å². The number of hydrogen-bond acceptors (Lipinski definition) is 15. The van der Waals surface area contributed by atoms with Gasteiger partial charge in [-0.2, -0.15) is 5.26 Å². The van der Waals surface area contributed by atoms with Gasteiger partial charge in [0.1, 0.15) is 32.5 Å². The molecule has 0 saturated carbocycles. The highest BCUT2D eigenvalue weighted by atomic mass is 16.6. The normalized spacial score (nSPS) is 19.4. The number of allylic oxidation sites excluding steroid dienone is 1. The first kappa shape index (κ1) is 39.8. The van der Waals surface area contributed by atoms with E-state index in [0.29, 0.717) is 167 Å². The maximum atomic E-state index is 9.82. The van der Waals surface area contributed by atoms with Gasteiger partial charge in [0.05, 0.1) is 117 Å². The molecular formula is C36H49N3O12. The van der Waals surface area contributed by atoms with Crippen molar-refractivity contribution in [3.63, 3.8) is 0 Å². The van der Waals surface area contributed by atoms with E-state index in [1.54, 1.807) is 36.5 Å². The van der Waals surface area contributed by atoms with Gasteiger partial charge in [-0.1, -0.05) is 0 Å². The lowest BCUT2D eigenvalue weighted by atomic mass is 10.2. The Labute approximate surface area is 299 Å². The van der Waals surface area contributed by atoms with Crippen LogP contribution in [0.4, 0.5) is 11.4 Å². The van der Waals surface area contributed by atoms with Crippen molar-refractivity contribution in [1.29, 1.82) is 5.26 Å². The van der Waals surface area contributed by atoms with Crippen molar-refractivity contribution in [3.8, 4) is 29.1 Å². The summed E-state index contributed by atoms with van der Waals surface area (Å²) in [7, 11) is 0. The van der Waals surface area contributed by atoms with Gasteiger partial charge in [-0.3, -0.25) is 4.99 Å². The fraction of sp³-hybridized carbons (Fsp3) is 0.556. The molecule has 2 aromatic rings. The molecule has 2 heterocycles. The Kier molecular flexibility index (Phi) is 20.2. The Morgan fingerprint density at radius 2 is 0.863 bits per heavy atom. The second kappa shape index (κ2) is 25.9. The number of anilines is 1. The van der Waals surface area contributed by atoms with Crippen molar-refractivity contribution in [1.82, 2.24) is 0 Å². The second-order valence-corrected chi connectivity index (χ2v) is 10.7. The average molecular weight is 716 g/mol. The van der Waals surface area contributed by atoms with Crippen molar-refractivity contribution in [3.05, 3.63) is 48.2 Å². The zero-order valence-corrected chi connectivity index (χ0v) is 29.1. The standard InChI is InChI=1S/C36H49N3O12/c37-27-30(28-38-31-1-3-33-35(25-31)50-23-19-46-15-11-42-7-5-40-9-13-44-17-21-48-33)29-39-32-2-4-34-36(26-32)51-24-20-47-16-12-43-8-6-41-10-14-45-18-22-49-34/h1-4,25-26,28-29,38H,5-24H2/b30-28-,39-29?. The monoisotopic (exact) mass is 715 g/mol. The molecule has 280 valence electrons. The van der Waals surface area contributed by atoms with E-state index in [1.807, 2.05) is 6.07 Å². The quantitative estimate of drug-likeness (QED) is 0.362. The first-order valence-electron chi connectivity index (χ1n) is 17.1. The fourth-order valence-electron chi connectivity index (χ4n) is 4.41. The predicted octanol–water partition coefficient (Wildman–Crippen LogP) is 3.58. The largest absolute Gasteiger partial charge is 0.487 e. The van der Waals surface area contributed by atoms with Gasteiger partial charge in [-0.05, 0) is 24.3 Å². The average Bonchev–Trinajstić information content (AvgIpc) is 3.15. The van der Waals surface area contributed by atoms with Gasteiger partial charge in [0, 0.05) is 30.2 Å². The molecule has 2 aliphatic rings. The van der Waals surface area contributed by atoms with Crippen molar-refractivity contribution < 1.29 is 56.8 Å². The molecule has 15 heteroatoms. The molecule has 0 unspecified atom stereocenters. The number of nitriles is 1. The van der Waals surface area contributed by atoms with Crippen LogP contribution in [0, 0.1) is 11.3 Å². The van der Waals surface area contributed by atoms with Crippen LogP contribution < -0.4 is 24.3 Å². The SMILES string of the molecule is N#C/C(C=Nc1ccc2c(c1)OCCOCCOCCOCCOCCO2)=C/Nc1ccc2c(c1)OCCOCCOCCOCCOCCO2. The molecular weight excluding hydrogens is 666 g/mol. The van der Waals surface area contributed by atoms with Gasteiger partial charge in [0.2, 0.25) is 0 Å².